The minimum atomic E-state index is -4.41. The second-order valence-electron chi connectivity index (χ2n) is 5.34. The summed E-state index contributed by atoms with van der Waals surface area (Å²) in [4.78, 5) is 12.7. The Morgan fingerprint density at radius 2 is 1.55 bits per heavy atom. The number of nitrogens with zero attached hydrogens (tertiary/aromatic N) is 2. The Balaban J connectivity index is 0.000000626. The molecule has 0 aliphatic carbocycles. The Bertz CT molecular complexity index is 576. The highest BCUT2D eigenvalue weighted by Crippen LogP contribution is 2.21. The molecule has 0 aliphatic heterocycles. The van der Waals surface area contributed by atoms with Crippen molar-refractivity contribution in [3.63, 3.8) is 0 Å². The minimum Gasteiger partial charge on any atom is -0.726 e. The molecule has 1 amide bonds. The number of hydrogen-bond donors (Lipinski definition) is 0. The Kier molecular flexibility index (Phi) is 7.47. The van der Waals surface area contributed by atoms with Crippen LogP contribution in [0.1, 0.15) is 0 Å². The molecule has 22 heavy (non-hydrogen) atoms. The molecule has 1 aromatic rings. The normalized spacial score (nSPS) is 11.2. The van der Waals surface area contributed by atoms with Gasteiger partial charge in [0.1, 0.15) is 11.4 Å². The molecule has 0 bridgehead atoms. The van der Waals surface area contributed by atoms with Crippen molar-refractivity contribution in [2.75, 3.05) is 42.3 Å². The lowest BCUT2D eigenvalue weighted by atomic mass is 10.2. The van der Waals surface area contributed by atoms with Gasteiger partial charge in [-0.3, -0.25) is 8.67 Å². The summed E-state index contributed by atoms with van der Waals surface area (Å²) in [6, 6.07) is 7.52. The number of carbonyl (C=O) groups excluding carboxylic acids is 1. The summed E-state index contributed by atoms with van der Waals surface area (Å²) in [5.74, 6) is 0.566. The highest BCUT2D eigenvalue weighted by atomic mass is 32.3. The lowest BCUT2D eigenvalue weighted by Crippen LogP contribution is -2.34. The Hall–Kier alpha value is -1.68. The first kappa shape index (κ1) is 20.3. The van der Waals surface area contributed by atoms with Crippen molar-refractivity contribution in [1.29, 1.82) is 0 Å². The summed E-state index contributed by atoms with van der Waals surface area (Å²) < 4.78 is 36.9. The number of benzene rings is 1. The summed E-state index contributed by atoms with van der Waals surface area (Å²) in [5.41, 5.74) is 1.16. The molecule has 0 N–H and O–H groups in total. The van der Waals surface area contributed by atoms with E-state index in [1.165, 1.54) is 4.90 Å². The van der Waals surface area contributed by atoms with Gasteiger partial charge >= 0.3 is 6.09 Å². The molecule has 0 saturated carbocycles. The number of rotatable bonds is 3. The van der Waals surface area contributed by atoms with E-state index in [1.54, 1.807) is 26.2 Å². The maximum absolute atomic E-state index is 11.3. The molecule has 0 heterocycles. The zero-order chi connectivity index (χ0) is 17.6. The van der Waals surface area contributed by atoms with Gasteiger partial charge in [0.15, 0.2) is 0 Å². The second-order valence-corrected chi connectivity index (χ2v) is 6.49. The molecule has 0 saturated heterocycles. The van der Waals surface area contributed by atoms with Crippen LogP contribution in [0.15, 0.2) is 24.3 Å². The molecule has 0 unspecified atom stereocenters. The largest absolute Gasteiger partial charge is 0.726 e. The molecule has 126 valence electrons. The fraction of sp³-hybridized carbons (Fsp3) is 0.462. The van der Waals surface area contributed by atoms with Crippen molar-refractivity contribution in [3.8, 4) is 5.75 Å². The van der Waals surface area contributed by atoms with Crippen molar-refractivity contribution in [3.05, 3.63) is 24.3 Å². The molecule has 9 heteroatoms. The van der Waals surface area contributed by atoms with Gasteiger partial charge < -0.3 is 14.2 Å². The van der Waals surface area contributed by atoms with Crippen molar-refractivity contribution in [1.82, 2.24) is 9.38 Å². The zero-order valence-corrected chi connectivity index (χ0v) is 14.4. The van der Waals surface area contributed by atoms with Crippen molar-refractivity contribution < 1.29 is 26.7 Å². The lowest BCUT2D eigenvalue weighted by molar-refractivity contribution is 0.172. The van der Waals surface area contributed by atoms with Gasteiger partial charge in [0, 0.05) is 26.2 Å². The predicted octanol–water partition coefficient (Wildman–Crippen LogP) is 1.04. The van der Waals surface area contributed by atoms with Crippen LogP contribution >= 0.6 is 0 Å². The highest BCUT2D eigenvalue weighted by molar-refractivity contribution is 7.80. The number of hydrogen-bond acceptors (Lipinski definition) is 6. The lowest BCUT2D eigenvalue weighted by Gasteiger charge is -2.23. The van der Waals surface area contributed by atoms with Crippen LogP contribution in [-0.2, 0) is 14.6 Å². The molecule has 0 fully saturated rings. The third-order valence-electron chi connectivity index (χ3n) is 2.39. The average Bonchev–Trinajstić information content (AvgIpc) is 2.38. The predicted molar refractivity (Wildman–Crippen MR) is 82.4 cm³/mol. The molecule has 1 rings (SSSR count). The summed E-state index contributed by atoms with van der Waals surface area (Å²) >= 11 is 0. The molecule has 1 aromatic carbocycles. The number of amides is 1. The fourth-order valence-electron chi connectivity index (χ4n) is 1.15. The van der Waals surface area contributed by atoms with Crippen LogP contribution in [0.4, 0.5) is 10.5 Å². The van der Waals surface area contributed by atoms with Crippen molar-refractivity contribution in [2.45, 2.75) is 0 Å². The number of quaternary nitrogens is 1. The topological polar surface area (TPSA) is 96.0 Å². The third kappa shape index (κ3) is 8.57. The first-order valence-corrected chi connectivity index (χ1v) is 7.53. The van der Waals surface area contributed by atoms with E-state index in [-0.39, 0.29) is 6.09 Å². The Labute approximate surface area is 131 Å². The molecule has 0 aliphatic rings. The van der Waals surface area contributed by atoms with Gasteiger partial charge in [-0.25, -0.2) is 13.2 Å². The van der Waals surface area contributed by atoms with Crippen LogP contribution in [0.3, 0.4) is 0 Å². The summed E-state index contributed by atoms with van der Waals surface area (Å²) in [6.07, 6.45) is -0.363. The van der Waals surface area contributed by atoms with Gasteiger partial charge in [0.25, 0.3) is 0 Å². The van der Waals surface area contributed by atoms with Gasteiger partial charge in [0.05, 0.1) is 28.3 Å². The summed E-state index contributed by atoms with van der Waals surface area (Å²) in [6.45, 7) is 0. The average molecular weight is 334 g/mol. The van der Waals surface area contributed by atoms with Crippen LogP contribution in [-0.4, -0.2) is 66.3 Å². The van der Waals surface area contributed by atoms with Gasteiger partial charge in [-0.1, -0.05) is 0 Å². The van der Waals surface area contributed by atoms with E-state index in [0.29, 0.717) is 5.75 Å². The third-order valence-corrected chi connectivity index (χ3v) is 2.79. The standard InChI is InChI=1S/C12H19N2O2.CH4O4S/c1-13(2)12(15)16-11-8-6-10(7-9-11)14(3,4)5;1-5-6(2,3)4/h6-9H,1-5H3;1H3,(H,2,3,4)/q+1;/p-1. The fourth-order valence-corrected chi connectivity index (χ4v) is 1.15. The van der Waals surface area contributed by atoms with Gasteiger partial charge in [-0.15, -0.1) is 0 Å². The van der Waals surface area contributed by atoms with Crippen LogP contribution in [0.25, 0.3) is 0 Å². The zero-order valence-electron chi connectivity index (χ0n) is 13.6. The molecular formula is C13H22N2O6S. The Morgan fingerprint density at radius 3 is 1.82 bits per heavy atom. The molecule has 0 radical (unpaired) electrons. The van der Waals surface area contributed by atoms with Crippen molar-refractivity contribution in [2.24, 2.45) is 0 Å². The van der Waals surface area contributed by atoms with Crippen LogP contribution in [0, 0.1) is 0 Å². The van der Waals surface area contributed by atoms with E-state index in [9.17, 15) is 17.8 Å². The Morgan fingerprint density at radius 1 is 1.14 bits per heavy atom. The van der Waals surface area contributed by atoms with Gasteiger partial charge in [0.2, 0.25) is 10.4 Å². The van der Waals surface area contributed by atoms with Crippen molar-refractivity contribution >= 4 is 22.2 Å². The molecular weight excluding hydrogens is 312 g/mol. The molecule has 8 nitrogen and oxygen atoms in total. The van der Waals surface area contributed by atoms with Crippen LogP contribution in [0.2, 0.25) is 0 Å². The summed E-state index contributed by atoms with van der Waals surface area (Å²) in [7, 11) is 5.96. The first-order valence-electron chi connectivity index (χ1n) is 6.19. The van der Waals surface area contributed by atoms with E-state index in [0.717, 1.165) is 17.3 Å². The second kappa shape index (κ2) is 8.08. The van der Waals surface area contributed by atoms with Crippen LogP contribution in [0.5, 0.6) is 5.75 Å². The molecule has 0 aromatic heterocycles. The highest BCUT2D eigenvalue weighted by Gasteiger charge is 2.12. The number of ether oxygens (including phenoxy) is 1. The van der Waals surface area contributed by atoms with Crippen LogP contribution < -0.4 is 9.22 Å². The van der Waals surface area contributed by atoms with Gasteiger partial charge in [-0.2, -0.15) is 0 Å². The van der Waals surface area contributed by atoms with E-state index in [1.807, 2.05) is 12.1 Å². The SMILES string of the molecule is CN(C)C(=O)Oc1ccc([N+](C)(C)C)cc1.COS(=O)(=O)[O-]. The van der Waals surface area contributed by atoms with E-state index < -0.39 is 10.4 Å². The van der Waals surface area contributed by atoms with Gasteiger partial charge in [-0.05, 0) is 12.1 Å². The van der Waals surface area contributed by atoms with E-state index in [2.05, 4.69) is 25.3 Å². The van der Waals surface area contributed by atoms with E-state index >= 15 is 0 Å². The number of carbonyl (C=O) groups is 1. The monoisotopic (exact) mass is 334 g/mol. The first-order chi connectivity index (χ1) is 9.86. The minimum absolute atomic E-state index is 0.363. The smallest absolute Gasteiger partial charge is 0.414 e. The quantitative estimate of drug-likeness (QED) is 0.465. The maximum Gasteiger partial charge on any atom is 0.414 e. The van der Waals surface area contributed by atoms with E-state index in [4.69, 9.17) is 4.74 Å². The maximum atomic E-state index is 11.3. The summed E-state index contributed by atoms with van der Waals surface area (Å²) in [5, 5.41) is 0. The molecule has 0 spiro atoms. The molecule has 0 atom stereocenters.